The van der Waals surface area contributed by atoms with Gasteiger partial charge in [-0.1, -0.05) is 48.5 Å². The fourth-order valence-electron chi connectivity index (χ4n) is 3.74. The van der Waals surface area contributed by atoms with E-state index in [1.54, 1.807) is 0 Å². The van der Waals surface area contributed by atoms with Crippen LogP contribution in [0.3, 0.4) is 0 Å². The Balaban J connectivity index is 1.32. The van der Waals surface area contributed by atoms with Crippen LogP contribution < -0.4 is 10.2 Å². The van der Waals surface area contributed by atoms with Crippen molar-refractivity contribution in [3.63, 3.8) is 0 Å². The van der Waals surface area contributed by atoms with E-state index in [-0.39, 0.29) is 5.91 Å². The maximum atomic E-state index is 12.5. The topological polar surface area (TPSA) is 35.6 Å². The second-order valence-electron chi connectivity index (χ2n) is 7.16. The first-order valence-corrected chi connectivity index (χ1v) is 9.51. The van der Waals surface area contributed by atoms with Crippen molar-refractivity contribution in [3.8, 4) is 0 Å². The number of aryl methyl sites for hydroxylation is 1. The molecule has 1 aliphatic heterocycles. The summed E-state index contributed by atoms with van der Waals surface area (Å²) in [6.07, 6.45) is 0. The molecule has 0 atom stereocenters. The van der Waals surface area contributed by atoms with Crippen LogP contribution in [0.1, 0.15) is 5.56 Å². The lowest BCUT2D eigenvalue weighted by Gasteiger charge is -2.36. The third-order valence-corrected chi connectivity index (χ3v) is 5.23. The van der Waals surface area contributed by atoms with Crippen LogP contribution in [0, 0.1) is 6.92 Å². The summed E-state index contributed by atoms with van der Waals surface area (Å²) in [5.41, 5.74) is 3.47. The van der Waals surface area contributed by atoms with Gasteiger partial charge in [-0.05, 0) is 41.5 Å². The van der Waals surface area contributed by atoms with Crippen molar-refractivity contribution < 1.29 is 4.79 Å². The monoisotopic (exact) mass is 359 g/mol. The number of anilines is 2. The Kier molecular flexibility index (Phi) is 5.07. The summed E-state index contributed by atoms with van der Waals surface area (Å²) in [5.74, 6) is 0.0506. The minimum atomic E-state index is 0.0506. The molecular weight excluding hydrogens is 334 g/mol. The predicted molar refractivity (Wildman–Crippen MR) is 112 cm³/mol. The largest absolute Gasteiger partial charge is 0.369 e. The summed E-state index contributed by atoms with van der Waals surface area (Å²) in [6.45, 7) is 6.30. The van der Waals surface area contributed by atoms with Gasteiger partial charge in [-0.25, -0.2) is 0 Å². The number of nitrogens with zero attached hydrogens (tertiary/aromatic N) is 2. The molecule has 0 aliphatic carbocycles. The molecule has 0 saturated carbocycles. The zero-order valence-corrected chi connectivity index (χ0v) is 15.7. The third kappa shape index (κ3) is 4.12. The molecule has 4 nitrogen and oxygen atoms in total. The van der Waals surface area contributed by atoms with E-state index < -0.39 is 0 Å². The van der Waals surface area contributed by atoms with Gasteiger partial charge in [0.1, 0.15) is 0 Å². The number of carbonyl (C=O) groups is 1. The second-order valence-corrected chi connectivity index (χ2v) is 7.16. The molecule has 0 aromatic heterocycles. The molecule has 27 heavy (non-hydrogen) atoms. The summed E-state index contributed by atoms with van der Waals surface area (Å²) in [5, 5.41) is 5.36. The molecule has 1 amide bonds. The van der Waals surface area contributed by atoms with Gasteiger partial charge in [0.05, 0.1) is 6.54 Å². The zero-order chi connectivity index (χ0) is 18.6. The Morgan fingerprint density at radius 1 is 0.889 bits per heavy atom. The van der Waals surface area contributed by atoms with Crippen molar-refractivity contribution in [3.05, 3.63) is 72.3 Å². The van der Waals surface area contributed by atoms with Gasteiger partial charge in [0.15, 0.2) is 0 Å². The van der Waals surface area contributed by atoms with E-state index in [2.05, 4.69) is 58.4 Å². The first-order chi connectivity index (χ1) is 13.2. The number of para-hydroxylation sites is 1. The van der Waals surface area contributed by atoms with E-state index in [4.69, 9.17) is 0 Å². The number of nitrogens with one attached hydrogen (secondary N) is 1. The number of carbonyl (C=O) groups excluding carboxylic acids is 1. The highest BCUT2D eigenvalue weighted by Crippen LogP contribution is 2.21. The molecule has 1 aliphatic rings. The number of amides is 1. The second kappa shape index (κ2) is 7.80. The van der Waals surface area contributed by atoms with Crippen molar-refractivity contribution in [1.29, 1.82) is 0 Å². The maximum absolute atomic E-state index is 12.5. The Bertz CT molecular complexity index is 945. The molecule has 0 unspecified atom stereocenters. The number of hydrogen-bond donors (Lipinski definition) is 1. The summed E-state index contributed by atoms with van der Waals surface area (Å²) in [7, 11) is 0. The van der Waals surface area contributed by atoms with E-state index in [1.807, 2.05) is 30.3 Å². The molecule has 4 rings (SSSR count). The minimum absolute atomic E-state index is 0.0506. The smallest absolute Gasteiger partial charge is 0.238 e. The number of fused-ring (bicyclic) bond motifs is 1. The van der Waals surface area contributed by atoms with Crippen LogP contribution >= 0.6 is 0 Å². The lowest BCUT2D eigenvalue weighted by molar-refractivity contribution is -0.117. The molecule has 0 radical (unpaired) electrons. The predicted octanol–water partition coefficient (Wildman–Crippen LogP) is 3.91. The van der Waals surface area contributed by atoms with Crippen molar-refractivity contribution in [2.45, 2.75) is 6.92 Å². The molecule has 0 spiro atoms. The first kappa shape index (κ1) is 17.6. The quantitative estimate of drug-likeness (QED) is 0.767. The lowest BCUT2D eigenvalue weighted by Crippen LogP contribution is -2.48. The van der Waals surface area contributed by atoms with E-state index in [9.17, 15) is 4.79 Å². The van der Waals surface area contributed by atoms with Gasteiger partial charge in [-0.15, -0.1) is 0 Å². The standard InChI is InChI=1S/C23H25N3O/c1-18-6-2-5-9-22(18)26-14-12-25(13-15-26)17-23(27)24-21-11-10-19-7-3-4-8-20(19)16-21/h2-11,16H,12-15,17H2,1H3,(H,24,27). The Morgan fingerprint density at radius 3 is 2.37 bits per heavy atom. The molecule has 1 heterocycles. The summed E-state index contributed by atoms with van der Waals surface area (Å²) in [4.78, 5) is 17.1. The van der Waals surface area contributed by atoms with Crippen molar-refractivity contribution in [2.24, 2.45) is 0 Å². The van der Waals surface area contributed by atoms with Crippen LogP contribution in [0.5, 0.6) is 0 Å². The lowest BCUT2D eigenvalue weighted by atomic mass is 10.1. The number of hydrogen-bond acceptors (Lipinski definition) is 3. The fraction of sp³-hybridized carbons (Fsp3) is 0.261. The van der Waals surface area contributed by atoms with Crippen molar-refractivity contribution in [1.82, 2.24) is 4.90 Å². The minimum Gasteiger partial charge on any atom is -0.369 e. The van der Waals surface area contributed by atoms with E-state index in [1.165, 1.54) is 16.6 Å². The first-order valence-electron chi connectivity index (χ1n) is 9.51. The third-order valence-electron chi connectivity index (χ3n) is 5.23. The molecular formula is C23H25N3O. The molecule has 138 valence electrons. The van der Waals surface area contributed by atoms with Gasteiger partial charge in [-0.2, -0.15) is 0 Å². The van der Waals surface area contributed by atoms with Crippen LogP contribution in [-0.4, -0.2) is 43.5 Å². The van der Waals surface area contributed by atoms with Gasteiger partial charge in [0.25, 0.3) is 0 Å². The van der Waals surface area contributed by atoms with Gasteiger partial charge in [0, 0.05) is 37.6 Å². The van der Waals surface area contributed by atoms with Crippen molar-refractivity contribution in [2.75, 3.05) is 42.9 Å². The molecule has 1 saturated heterocycles. The SMILES string of the molecule is Cc1ccccc1N1CCN(CC(=O)Nc2ccc3ccccc3c2)CC1. The van der Waals surface area contributed by atoms with Crippen LogP contribution in [0.2, 0.25) is 0 Å². The normalized spacial score (nSPS) is 15.1. The van der Waals surface area contributed by atoms with E-state index in [0.29, 0.717) is 6.54 Å². The molecule has 4 heteroatoms. The number of piperazine rings is 1. The molecule has 3 aromatic rings. The van der Waals surface area contributed by atoms with Crippen LogP contribution in [0.4, 0.5) is 11.4 Å². The maximum Gasteiger partial charge on any atom is 0.238 e. The Morgan fingerprint density at radius 2 is 1.59 bits per heavy atom. The molecule has 3 aromatic carbocycles. The average Bonchev–Trinajstić information content (AvgIpc) is 2.69. The Labute approximate surface area is 160 Å². The number of benzene rings is 3. The average molecular weight is 359 g/mol. The number of rotatable bonds is 4. The van der Waals surface area contributed by atoms with Gasteiger partial charge in [-0.3, -0.25) is 9.69 Å². The van der Waals surface area contributed by atoms with Gasteiger partial charge in [0.2, 0.25) is 5.91 Å². The molecule has 0 bridgehead atoms. The van der Waals surface area contributed by atoms with E-state index in [0.717, 1.165) is 37.3 Å². The summed E-state index contributed by atoms with van der Waals surface area (Å²) in [6, 6.07) is 22.7. The highest BCUT2D eigenvalue weighted by molar-refractivity contribution is 5.95. The van der Waals surface area contributed by atoms with Crippen LogP contribution in [-0.2, 0) is 4.79 Å². The Hall–Kier alpha value is -2.85. The van der Waals surface area contributed by atoms with E-state index >= 15 is 0 Å². The summed E-state index contributed by atoms with van der Waals surface area (Å²) < 4.78 is 0. The zero-order valence-electron chi connectivity index (χ0n) is 15.7. The highest BCUT2D eigenvalue weighted by Gasteiger charge is 2.20. The van der Waals surface area contributed by atoms with Crippen LogP contribution in [0.25, 0.3) is 10.8 Å². The fourth-order valence-corrected chi connectivity index (χ4v) is 3.74. The van der Waals surface area contributed by atoms with Crippen LogP contribution in [0.15, 0.2) is 66.7 Å². The summed E-state index contributed by atoms with van der Waals surface area (Å²) >= 11 is 0. The highest BCUT2D eigenvalue weighted by atomic mass is 16.2. The van der Waals surface area contributed by atoms with Gasteiger partial charge < -0.3 is 10.2 Å². The van der Waals surface area contributed by atoms with Gasteiger partial charge >= 0.3 is 0 Å². The molecule has 1 fully saturated rings. The van der Waals surface area contributed by atoms with Crippen molar-refractivity contribution >= 4 is 28.1 Å². The molecule has 1 N–H and O–H groups in total.